The van der Waals surface area contributed by atoms with Crippen LogP contribution in [0.2, 0.25) is 0 Å². The minimum absolute atomic E-state index is 0.377. The molecular formula is C17H36N2O2. The Balaban J connectivity index is 1.97. The van der Waals surface area contributed by atoms with E-state index in [1.807, 2.05) is 0 Å². The van der Waals surface area contributed by atoms with Crippen LogP contribution in [-0.4, -0.2) is 61.5 Å². The molecule has 0 spiro atoms. The van der Waals surface area contributed by atoms with Gasteiger partial charge in [0.1, 0.15) is 0 Å². The van der Waals surface area contributed by atoms with E-state index in [1.165, 1.54) is 45.3 Å². The van der Waals surface area contributed by atoms with Gasteiger partial charge in [-0.3, -0.25) is 0 Å². The van der Waals surface area contributed by atoms with E-state index in [2.05, 4.69) is 31.0 Å². The lowest BCUT2D eigenvalue weighted by Gasteiger charge is -2.32. The van der Waals surface area contributed by atoms with Gasteiger partial charge in [-0.2, -0.15) is 0 Å². The van der Waals surface area contributed by atoms with Crippen LogP contribution in [0.3, 0.4) is 0 Å². The van der Waals surface area contributed by atoms with Gasteiger partial charge in [0.05, 0.1) is 12.7 Å². The first-order valence-corrected chi connectivity index (χ1v) is 8.83. The van der Waals surface area contributed by atoms with E-state index in [0.29, 0.717) is 19.2 Å². The van der Waals surface area contributed by atoms with E-state index in [0.717, 1.165) is 18.9 Å². The molecule has 4 nitrogen and oxygen atoms in total. The van der Waals surface area contributed by atoms with Crippen LogP contribution in [0.4, 0.5) is 0 Å². The number of nitrogens with one attached hydrogen (secondary N) is 1. The Kier molecular flexibility index (Phi) is 10.3. The van der Waals surface area contributed by atoms with Gasteiger partial charge >= 0.3 is 0 Å². The lowest BCUT2D eigenvalue weighted by atomic mass is 10.0. The predicted octanol–water partition coefficient (Wildman–Crippen LogP) is 2.26. The number of piperidine rings is 1. The molecule has 1 rings (SSSR count). The standard InChI is InChI=1S/C17H36N2O2/c1-4-9-19-10-7-16(8-11-19)18-13-17(20)14-21-12-5-6-15(2)3/h15-18,20H,4-14H2,1-3H3. The summed E-state index contributed by atoms with van der Waals surface area (Å²) < 4.78 is 5.54. The van der Waals surface area contributed by atoms with E-state index in [4.69, 9.17) is 4.74 Å². The lowest BCUT2D eigenvalue weighted by molar-refractivity contribution is 0.0321. The molecule has 4 heteroatoms. The molecular weight excluding hydrogens is 264 g/mol. The first kappa shape index (κ1) is 18.9. The molecule has 0 bridgehead atoms. The molecule has 1 heterocycles. The second-order valence-electron chi connectivity index (χ2n) is 6.79. The minimum atomic E-state index is -0.377. The fraction of sp³-hybridized carbons (Fsp3) is 1.00. The molecule has 0 aromatic rings. The van der Waals surface area contributed by atoms with Crippen molar-refractivity contribution in [3.05, 3.63) is 0 Å². The van der Waals surface area contributed by atoms with E-state index in [9.17, 15) is 5.11 Å². The summed E-state index contributed by atoms with van der Waals surface area (Å²) in [5, 5.41) is 13.4. The Hall–Kier alpha value is -0.160. The average molecular weight is 300 g/mol. The second-order valence-corrected chi connectivity index (χ2v) is 6.79. The first-order chi connectivity index (χ1) is 10.1. The third-order valence-corrected chi connectivity index (χ3v) is 4.15. The van der Waals surface area contributed by atoms with E-state index in [1.54, 1.807) is 0 Å². The Bertz CT molecular complexity index is 241. The largest absolute Gasteiger partial charge is 0.389 e. The maximum atomic E-state index is 9.93. The molecule has 1 atom stereocenters. The van der Waals surface area contributed by atoms with Crippen molar-refractivity contribution < 1.29 is 9.84 Å². The zero-order valence-corrected chi connectivity index (χ0v) is 14.3. The molecule has 1 aliphatic rings. The quantitative estimate of drug-likeness (QED) is 0.575. The average Bonchev–Trinajstić information content (AvgIpc) is 2.46. The number of aliphatic hydroxyl groups is 1. The van der Waals surface area contributed by atoms with Crippen molar-refractivity contribution in [1.29, 1.82) is 0 Å². The van der Waals surface area contributed by atoms with E-state index >= 15 is 0 Å². The summed E-state index contributed by atoms with van der Waals surface area (Å²) in [6.45, 7) is 12.2. The Labute approximate surface area is 131 Å². The van der Waals surface area contributed by atoms with Crippen molar-refractivity contribution in [2.24, 2.45) is 5.92 Å². The SMILES string of the molecule is CCCN1CCC(NCC(O)COCCCC(C)C)CC1. The molecule has 126 valence electrons. The van der Waals surface area contributed by atoms with Crippen LogP contribution in [0, 0.1) is 5.92 Å². The summed E-state index contributed by atoms with van der Waals surface area (Å²) in [4.78, 5) is 2.53. The molecule has 0 saturated carbocycles. The first-order valence-electron chi connectivity index (χ1n) is 8.83. The Morgan fingerprint density at radius 3 is 2.62 bits per heavy atom. The van der Waals surface area contributed by atoms with Crippen molar-refractivity contribution in [2.75, 3.05) is 39.4 Å². The molecule has 1 unspecified atom stereocenters. The van der Waals surface area contributed by atoms with Gasteiger partial charge < -0.3 is 20.1 Å². The number of hydrogen-bond donors (Lipinski definition) is 2. The molecule has 1 fully saturated rings. The van der Waals surface area contributed by atoms with Gasteiger partial charge in [-0.15, -0.1) is 0 Å². The summed E-state index contributed by atoms with van der Waals surface area (Å²) in [6, 6.07) is 0.564. The van der Waals surface area contributed by atoms with Crippen LogP contribution in [0.15, 0.2) is 0 Å². The fourth-order valence-electron chi connectivity index (χ4n) is 2.85. The zero-order valence-electron chi connectivity index (χ0n) is 14.3. The highest BCUT2D eigenvalue weighted by Gasteiger charge is 2.18. The van der Waals surface area contributed by atoms with Gasteiger partial charge in [-0.1, -0.05) is 20.8 Å². The Morgan fingerprint density at radius 2 is 2.00 bits per heavy atom. The van der Waals surface area contributed by atoms with Crippen LogP contribution >= 0.6 is 0 Å². The Morgan fingerprint density at radius 1 is 1.29 bits per heavy atom. The maximum absolute atomic E-state index is 9.93. The van der Waals surface area contributed by atoms with E-state index < -0.39 is 0 Å². The summed E-state index contributed by atoms with van der Waals surface area (Å²) in [5.74, 6) is 0.735. The molecule has 1 aliphatic heterocycles. The topological polar surface area (TPSA) is 44.7 Å². The molecule has 0 aliphatic carbocycles. The van der Waals surface area contributed by atoms with Gasteiger partial charge in [-0.05, 0) is 57.7 Å². The third-order valence-electron chi connectivity index (χ3n) is 4.15. The summed E-state index contributed by atoms with van der Waals surface area (Å²) in [5.41, 5.74) is 0. The monoisotopic (exact) mass is 300 g/mol. The molecule has 2 N–H and O–H groups in total. The molecule has 0 amide bonds. The van der Waals surface area contributed by atoms with Crippen molar-refractivity contribution in [3.63, 3.8) is 0 Å². The van der Waals surface area contributed by atoms with Crippen LogP contribution in [0.1, 0.15) is 52.9 Å². The molecule has 0 radical (unpaired) electrons. The number of aliphatic hydroxyl groups excluding tert-OH is 1. The van der Waals surface area contributed by atoms with Crippen molar-refractivity contribution in [2.45, 2.75) is 65.0 Å². The second kappa shape index (κ2) is 11.4. The number of rotatable bonds is 11. The number of likely N-dealkylation sites (tertiary alicyclic amines) is 1. The molecule has 1 saturated heterocycles. The van der Waals surface area contributed by atoms with Gasteiger partial charge in [0.25, 0.3) is 0 Å². The van der Waals surface area contributed by atoms with Crippen LogP contribution in [0.5, 0.6) is 0 Å². The normalized spacial score (nSPS) is 19.3. The van der Waals surface area contributed by atoms with Gasteiger partial charge in [-0.25, -0.2) is 0 Å². The van der Waals surface area contributed by atoms with Crippen LogP contribution < -0.4 is 5.32 Å². The smallest absolute Gasteiger partial charge is 0.0897 e. The lowest BCUT2D eigenvalue weighted by Crippen LogP contribution is -2.45. The minimum Gasteiger partial charge on any atom is -0.389 e. The zero-order chi connectivity index (χ0) is 15.5. The number of nitrogens with zero attached hydrogens (tertiary/aromatic N) is 1. The van der Waals surface area contributed by atoms with E-state index in [-0.39, 0.29) is 6.10 Å². The third kappa shape index (κ3) is 9.46. The molecule has 0 aromatic carbocycles. The van der Waals surface area contributed by atoms with Crippen molar-refractivity contribution in [1.82, 2.24) is 10.2 Å². The molecule has 0 aromatic heterocycles. The highest BCUT2D eigenvalue weighted by Crippen LogP contribution is 2.10. The number of hydrogen-bond acceptors (Lipinski definition) is 4. The van der Waals surface area contributed by atoms with Gasteiger partial charge in [0.2, 0.25) is 0 Å². The number of ether oxygens (including phenoxy) is 1. The summed E-state index contributed by atoms with van der Waals surface area (Å²) in [7, 11) is 0. The highest BCUT2D eigenvalue weighted by atomic mass is 16.5. The van der Waals surface area contributed by atoms with Crippen LogP contribution in [-0.2, 0) is 4.74 Å². The molecule has 21 heavy (non-hydrogen) atoms. The summed E-state index contributed by atoms with van der Waals surface area (Å²) in [6.07, 6.45) is 5.55. The van der Waals surface area contributed by atoms with Crippen molar-refractivity contribution in [3.8, 4) is 0 Å². The predicted molar refractivity (Wildman–Crippen MR) is 88.7 cm³/mol. The fourth-order valence-corrected chi connectivity index (χ4v) is 2.85. The maximum Gasteiger partial charge on any atom is 0.0897 e. The highest BCUT2D eigenvalue weighted by molar-refractivity contribution is 4.77. The van der Waals surface area contributed by atoms with Gasteiger partial charge in [0.15, 0.2) is 0 Å². The van der Waals surface area contributed by atoms with Gasteiger partial charge in [0, 0.05) is 19.2 Å². The van der Waals surface area contributed by atoms with Crippen molar-refractivity contribution >= 4 is 0 Å². The summed E-state index contributed by atoms with van der Waals surface area (Å²) >= 11 is 0. The van der Waals surface area contributed by atoms with Crippen LogP contribution in [0.25, 0.3) is 0 Å².